The molecule has 0 unspecified atom stereocenters. The average molecular weight is 450 g/mol. The van der Waals surface area contributed by atoms with Crippen LogP contribution in [-0.2, 0) is 16.0 Å². The maximum Gasteiger partial charge on any atom is 0.409 e. The number of likely N-dealkylation sites (tertiary alicyclic amines) is 1. The standard InChI is InChI=1S/C26H31N3O4/c1-3-33-26(31)29-16-14-19(15-17-29)27-24(30)13-12-22-21-6-4-5-7-23(21)28-25(22)18-8-10-20(32-2)11-9-18/h4-11,19,28H,3,12-17H2,1-2H3,(H,27,30). The third kappa shape index (κ3) is 5.30. The highest BCUT2D eigenvalue weighted by atomic mass is 16.6. The molecule has 2 aromatic carbocycles. The van der Waals surface area contributed by atoms with Crippen LogP contribution in [0.25, 0.3) is 22.2 Å². The van der Waals surface area contributed by atoms with Crippen molar-refractivity contribution in [1.29, 1.82) is 0 Å². The number of aromatic nitrogens is 1. The van der Waals surface area contributed by atoms with Crippen molar-refractivity contribution in [3.8, 4) is 17.0 Å². The Kier molecular flexibility index (Phi) is 7.17. The summed E-state index contributed by atoms with van der Waals surface area (Å²) in [7, 11) is 1.66. The van der Waals surface area contributed by atoms with Gasteiger partial charge in [0, 0.05) is 42.1 Å². The van der Waals surface area contributed by atoms with Crippen molar-refractivity contribution < 1.29 is 19.1 Å². The minimum Gasteiger partial charge on any atom is -0.497 e. The van der Waals surface area contributed by atoms with Gasteiger partial charge in [0.15, 0.2) is 0 Å². The average Bonchev–Trinajstić information content (AvgIpc) is 3.22. The molecule has 3 aromatic rings. The molecule has 7 heteroatoms. The molecular formula is C26H31N3O4. The Morgan fingerprint density at radius 1 is 1.09 bits per heavy atom. The number of benzene rings is 2. The number of ether oxygens (including phenoxy) is 2. The molecule has 0 bridgehead atoms. The highest BCUT2D eigenvalue weighted by Crippen LogP contribution is 2.32. The molecule has 2 N–H and O–H groups in total. The van der Waals surface area contributed by atoms with Gasteiger partial charge in [-0.05, 0) is 67.6 Å². The molecule has 1 aliphatic rings. The van der Waals surface area contributed by atoms with E-state index in [4.69, 9.17) is 9.47 Å². The van der Waals surface area contributed by atoms with Crippen LogP contribution in [0.1, 0.15) is 31.7 Å². The summed E-state index contributed by atoms with van der Waals surface area (Å²) in [4.78, 5) is 29.8. The number of carbonyl (C=O) groups is 2. The molecule has 1 aliphatic heterocycles. The molecule has 0 spiro atoms. The van der Waals surface area contributed by atoms with Crippen molar-refractivity contribution in [3.63, 3.8) is 0 Å². The number of aromatic amines is 1. The molecule has 2 heterocycles. The number of hydrogen-bond acceptors (Lipinski definition) is 4. The second-order valence-electron chi connectivity index (χ2n) is 8.28. The first kappa shape index (κ1) is 22.7. The number of piperidine rings is 1. The second-order valence-corrected chi connectivity index (χ2v) is 8.28. The lowest BCUT2D eigenvalue weighted by Crippen LogP contribution is -2.46. The van der Waals surface area contributed by atoms with Crippen molar-refractivity contribution in [2.75, 3.05) is 26.8 Å². The monoisotopic (exact) mass is 449 g/mol. The molecule has 7 nitrogen and oxygen atoms in total. The maximum atomic E-state index is 12.7. The number of nitrogens with zero attached hydrogens (tertiary/aromatic N) is 1. The number of carbonyl (C=O) groups excluding carboxylic acids is 2. The number of amides is 2. The van der Waals surface area contributed by atoms with E-state index in [9.17, 15) is 9.59 Å². The summed E-state index contributed by atoms with van der Waals surface area (Å²) in [6.07, 6.45) is 2.26. The molecule has 4 rings (SSSR count). The molecule has 0 atom stereocenters. The first-order chi connectivity index (χ1) is 16.1. The highest BCUT2D eigenvalue weighted by molar-refractivity contribution is 5.91. The SMILES string of the molecule is CCOC(=O)N1CCC(NC(=O)CCc2c(-c3ccc(OC)cc3)[nH]c3ccccc23)CC1. The van der Waals surface area contributed by atoms with Gasteiger partial charge in [-0.2, -0.15) is 0 Å². The Balaban J connectivity index is 1.41. The van der Waals surface area contributed by atoms with Crippen LogP contribution in [-0.4, -0.2) is 54.7 Å². The van der Waals surface area contributed by atoms with Crippen LogP contribution in [0.2, 0.25) is 0 Å². The quantitative estimate of drug-likeness (QED) is 0.556. The Labute approximate surface area is 194 Å². The zero-order valence-corrected chi connectivity index (χ0v) is 19.2. The Hall–Kier alpha value is -3.48. The summed E-state index contributed by atoms with van der Waals surface area (Å²) in [5.41, 5.74) is 4.30. The molecule has 1 aromatic heterocycles. The van der Waals surface area contributed by atoms with Crippen molar-refractivity contribution in [1.82, 2.24) is 15.2 Å². The minimum atomic E-state index is -0.271. The fourth-order valence-corrected chi connectivity index (χ4v) is 4.42. The second kappa shape index (κ2) is 10.4. The van der Waals surface area contributed by atoms with Gasteiger partial charge in [0.25, 0.3) is 0 Å². The van der Waals surface area contributed by atoms with Gasteiger partial charge in [-0.1, -0.05) is 18.2 Å². The Morgan fingerprint density at radius 3 is 2.52 bits per heavy atom. The number of fused-ring (bicyclic) bond motifs is 1. The highest BCUT2D eigenvalue weighted by Gasteiger charge is 2.24. The molecule has 0 aliphatic carbocycles. The first-order valence-electron chi connectivity index (χ1n) is 11.5. The van der Waals surface area contributed by atoms with Crippen molar-refractivity contribution >= 4 is 22.9 Å². The fourth-order valence-electron chi connectivity index (χ4n) is 4.42. The number of aryl methyl sites for hydroxylation is 1. The summed E-state index contributed by atoms with van der Waals surface area (Å²) in [5, 5.41) is 4.29. The third-order valence-electron chi connectivity index (χ3n) is 6.18. The summed E-state index contributed by atoms with van der Waals surface area (Å²) in [6, 6.07) is 16.2. The first-order valence-corrected chi connectivity index (χ1v) is 11.5. The maximum absolute atomic E-state index is 12.7. The summed E-state index contributed by atoms with van der Waals surface area (Å²) in [5.74, 6) is 0.848. The topological polar surface area (TPSA) is 83.7 Å². The van der Waals surface area contributed by atoms with E-state index >= 15 is 0 Å². The largest absolute Gasteiger partial charge is 0.497 e. The number of methoxy groups -OCH3 is 1. The minimum absolute atomic E-state index is 0.0375. The fraction of sp³-hybridized carbons (Fsp3) is 0.385. The molecule has 1 fully saturated rings. The van der Waals surface area contributed by atoms with E-state index in [2.05, 4.69) is 22.4 Å². The number of H-pyrrole nitrogens is 1. The lowest BCUT2D eigenvalue weighted by molar-refractivity contribution is -0.122. The van der Waals surface area contributed by atoms with E-state index < -0.39 is 0 Å². The number of para-hydroxylation sites is 1. The lowest BCUT2D eigenvalue weighted by Gasteiger charge is -2.31. The molecule has 2 amide bonds. The Morgan fingerprint density at radius 2 is 1.82 bits per heavy atom. The van der Waals surface area contributed by atoms with Crippen LogP contribution in [0, 0.1) is 0 Å². The van der Waals surface area contributed by atoms with E-state index in [0.717, 1.165) is 46.3 Å². The number of nitrogens with one attached hydrogen (secondary N) is 2. The normalized spacial score (nSPS) is 14.3. The van der Waals surface area contributed by atoms with Gasteiger partial charge >= 0.3 is 6.09 Å². The van der Waals surface area contributed by atoms with Gasteiger partial charge in [0.2, 0.25) is 5.91 Å². The van der Waals surface area contributed by atoms with Crippen molar-refractivity contribution in [2.45, 2.75) is 38.6 Å². The van der Waals surface area contributed by atoms with Crippen LogP contribution >= 0.6 is 0 Å². The van der Waals surface area contributed by atoms with E-state index in [1.165, 1.54) is 0 Å². The zero-order valence-electron chi connectivity index (χ0n) is 19.2. The van der Waals surface area contributed by atoms with E-state index in [1.54, 1.807) is 18.9 Å². The molecule has 174 valence electrons. The molecule has 1 saturated heterocycles. The van der Waals surface area contributed by atoms with Gasteiger partial charge in [0.05, 0.1) is 13.7 Å². The predicted octanol–water partition coefficient (Wildman–Crippen LogP) is 4.51. The van der Waals surface area contributed by atoms with Gasteiger partial charge in [-0.15, -0.1) is 0 Å². The number of hydrogen-bond donors (Lipinski definition) is 2. The summed E-state index contributed by atoms with van der Waals surface area (Å²) >= 11 is 0. The van der Waals surface area contributed by atoms with Crippen LogP contribution in [0.5, 0.6) is 5.75 Å². The van der Waals surface area contributed by atoms with Gasteiger partial charge in [0.1, 0.15) is 5.75 Å². The Bertz CT molecular complexity index is 1100. The lowest BCUT2D eigenvalue weighted by atomic mass is 10.00. The van der Waals surface area contributed by atoms with Crippen LogP contribution in [0.4, 0.5) is 4.79 Å². The van der Waals surface area contributed by atoms with Crippen molar-refractivity contribution in [3.05, 3.63) is 54.1 Å². The van der Waals surface area contributed by atoms with Gasteiger partial charge in [-0.25, -0.2) is 4.79 Å². The van der Waals surface area contributed by atoms with Crippen LogP contribution < -0.4 is 10.1 Å². The summed E-state index contributed by atoms with van der Waals surface area (Å²) < 4.78 is 10.3. The van der Waals surface area contributed by atoms with Crippen LogP contribution in [0.15, 0.2) is 48.5 Å². The van der Waals surface area contributed by atoms with E-state index in [1.807, 2.05) is 36.4 Å². The molecular weight excluding hydrogens is 418 g/mol. The van der Waals surface area contributed by atoms with E-state index in [-0.39, 0.29) is 18.0 Å². The molecule has 33 heavy (non-hydrogen) atoms. The third-order valence-corrected chi connectivity index (χ3v) is 6.18. The summed E-state index contributed by atoms with van der Waals surface area (Å²) in [6.45, 7) is 3.39. The number of rotatable bonds is 7. The molecule has 0 saturated carbocycles. The van der Waals surface area contributed by atoms with Crippen LogP contribution in [0.3, 0.4) is 0 Å². The van der Waals surface area contributed by atoms with Crippen molar-refractivity contribution in [2.24, 2.45) is 0 Å². The van der Waals surface area contributed by atoms with Gasteiger partial charge < -0.3 is 24.7 Å². The zero-order chi connectivity index (χ0) is 23.2. The van der Waals surface area contributed by atoms with E-state index in [0.29, 0.717) is 32.5 Å². The predicted molar refractivity (Wildman–Crippen MR) is 128 cm³/mol. The smallest absolute Gasteiger partial charge is 0.409 e. The van der Waals surface area contributed by atoms with Gasteiger partial charge in [-0.3, -0.25) is 4.79 Å². The molecule has 0 radical (unpaired) electrons.